The Bertz CT molecular complexity index is 1660. The maximum Gasteiger partial charge on any atom is 0.229 e. The fraction of sp³-hybridized carbons (Fsp3) is 0.579. The van der Waals surface area contributed by atoms with Gasteiger partial charge in [-0.25, -0.2) is 13.4 Å². The molecule has 12 heteroatoms. The third-order valence-corrected chi connectivity index (χ3v) is 12.5. The summed E-state index contributed by atoms with van der Waals surface area (Å²) in [6.07, 6.45) is 7.61. The Balaban J connectivity index is 1.20. The zero-order valence-corrected chi connectivity index (χ0v) is 32.1. The lowest BCUT2D eigenvalue weighted by Crippen LogP contribution is -2.47. The molecule has 0 unspecified atom stereocenters. The number of likely N-dealkylation sites (tertiary alicyclic amines) is 1. The molecule has 5 rings (SSSR count). The van der Waals surface area contributed by atoms with Gasteiger partial charge in [0.2, 0.25) is 5.95 Å². The van der Waals surface area contributed by atoms with E-state index in [-0.39, 0.29) is 9.92 Å². The number of nitrogens with one attached hydrogen (secondary N) is 2. The Hall–Kier alpha value is -2.96. The Morgan fingerprint density at radius 3 is 2.18 bits per heavy atom. The second-order valence-corrected chi connectivity index (χ2v) is 16.8. The monoisotopic (exact) mass is 725 g/mol. The van der Waals surface area contributed by atoms with Crippen LogP contribution in [0.3, 0.4) is 0 Å². The fourth-order valence-corrected chi connectivity index (χ4v) is 8.29. The molecule has 0 spiro atoms. The molecule has 0 radical (unpaired) electrons. The van der Waals surface area contributed by atoms with E-state index in [0.717, 1.165) is 37.4 Å². The van der Waals surface area contributed by atoms with E-state index in [1.54, 1.807) is 38.1 Å². The van der Waals surface area contributed by atoms with E-state index < -0.39 is 15.1 Å². The number of aromatic nitrogens is 2. The summed E-state index contributed by atoms with van der Waals surface area (Å²) < 4.78 is 32.2. The van der Waals surface area contributed by atoms with Gasteiger partial charge in [0.1, 0.15) is 10.8 Å². The summed E-state index contributed by atoms with van der Waals surface area (Å²) in [6.45, 7) is 21.0. The molecule has 0 atom stereocenters. The lowest BCUT2D eigenvalue weighted by atomic mass is 9.86. The average molecular weight is 726 g/mol. The molecule has 274 valence electrons. The number of sulfone groups is 1. The maximum atomic E-state index is 13.0. The predicted molar refractivity (Wildman–Crippen MR) is 206 cm³/mol. The highest BCUT2D eigenvalue weighted by atomic mass is 35.5. The first-order valence-corrected chi connectivity index (χ1v) is 20.3. The lowest BCUT2D eigenvalue weighted by molar-refractivity contribution is 0.123. The summed E-state index contributed by atoms with van der Waals surface area (Å²) >= 11 is 6.49. The Morgan fingerprint density at radius 1 is 0.900 bits per heavy atom. The van der Waals surface area contributed by atoms with E-state index in [0.29, 0.717) is 30.0 Å². The number of hydrogen-bond acceptors (Lipinski definition) is 10. The Kier molecular flexibility index (Phi) is 13.8. The molecule has 3 heterocycles. The zero-order valence-electron chi connectivity index (χ0n) is 30.5. The molecule has 2 saturated heterocycles. The summed E-state index contributed by atoms with van der Waals surface area (Å²) in [5.74, 6) is 1.87. The van der Waals surface area contributed by atoms with Crippen molar-refractivity contribution in [2.45, 2.75) is 82.8 Å². The molecule has 2 aliphatic heterocycles. The van der Waals surface area contributed by atoms with Crippen LogP contribution in [0.4, 0.5) is 23.1 Å². The second kappa shape index (κ2) is 18.0. The first-order valence-electron chi connectivity index (χ1n) is 18.4. The summed E-state index contributed by atoms with van der Waals surface area (Å²) in [6, 6.07) is 11.1. The molecule has 2 aliphatic rings. The van der Waals surface area contributed by atoms with E-state index >= 15 is 0 Å². The topological polar surface area (TPSA) is 103 Å². The molecule has 3 aromatic rings. The molecular weight excluding hydrogens is 670 g/mol. The van der Waals surface area contributed by atoms with Crippen LogP contribution >= 0.6 is 11.6 Å². The number of benzene rings is 2. The van der Waals surface area contributed by atoms with Crippen LogP contribution in [0.15, 0.2) is 47.5 Å². The summed E-state index contributed by atoms with van der Waals surface area (Å²) in [5.41, 5.74) is 3.72. The first kappa shape index (κ1) is 38.3. The van der Waals surface area contributed by atoms with Crippen molar-refractivity contribution in [1.29, 1.82) is 0 Å². The smallest absolute Gasteiger partial charge is 0.229 e. The van der Waals surface area contributed by atoms with Crippen molar-refractivity contribution in [3.8, 4) is 5.75 Å². The van der Waals surface area contributed by atoms with Crippen LogP contribution < -0.4 is 15.4 Å². The molecule has 0 amide bonds. The van der Waals surface area contributed by atoms with Gasteiger partial charge in [-0.15, -0.1) is 0 Å². The number of rotatable bonds is 16. The number of unbranched alkanes of at least 4 members (excludes halogenated alkanes) is 1. The molecule has 10 nitrogen and oxygen atoms in total. The fourth-order valence-electron chi connectivity index (χ4n) is 6.95. The van der Waals surface area contributed by atoms with Crippen molar-refractivity contribution < 1.29 is 13.2 Å². The molecule has 2 N–H and O–H groups in total. The first-order chi connectivity index (χ1) is 24.1. The van der Waals surface area contributed by atoms with Crippen LogP contribution in [0.25, 0.3) is 0 Å². The van der Waals surface area contributed by atoms with Gasteiger partial charge in [-0.3, -0.25) is 0 Å². The van der Waals surface area contributed by atoms with Gasteiger partial charge in [0, 0.05) is 26.2 Å². The zero-order chi connectivity index (χ0) is 35.7. The van der Waals surface area contributed by atoms with Gasteiger partial charge in [-0.05, 0) is 127 Å². The highest BCUT2D eigenvalue weighted by Crippen LogP contribution is 2.38. The van der Waals surface area contributed by atoms with Gasteiger partial charge >= 0.3 is 0 Å². The van der Waals surface area contributed by atoms with Crippen molar-refractivity contribution in [1.82, 2.24) is 24.7 Å². The minimum Gasteiger partial charge on any atom is -0.492 e. The van der Waals surface area contributed by atoms with Crippen molar-refractivity contribution in [2.24, 2.45) is 0 Å². The van der Waals surface area contributed by atoms with Crippen molar-refractivity contribution >= 4 is 44.6 Å². The van der Waals surface area contributed by atoms with E-state index in [4.69, 9.17) is 16.3 Å². The van der Waals surface area contributed by atoms with Gasteiger partial charge < -0.3 is 30.1 Å². The van der Waals surface area contributed by atoms with Gasteiger partial charge in [-0.2, -0.15) is 4.98 Å². The van der Waals surface area contributed by atoms with Gasteiger partial charge in [0.05, 0.1) is 34.3 Å². The van der Waals surface area contributed by atoms with Crippen LogP contribution in [0.2, 0.25) is 5.02 Å². The number of ether oxygens (including phenoxy) is 1. The van der Waals surface area contributed by atoms with Crippen molar-refractivity contribution in [2.75, 3.05) is 76.1 Å². The number of halogens is 1. The lowest BCUT2D eigenvalue weighted by Gasteiger charge is -2.36. The standard InChI is InChI=1S/C38H56ClN7O3S/c1-6-8-16-45-21-23-46(24-22-45)18-11-17-44-19-14-30(15-20-44)31-26-35(49-7-2)34(25-29(31)5)42-38-40-27-32(39)37(43-38)41-33-12-9-10-13-36(33)50(47,48)28(3)4/h9-10,12-13,25-28,30H,6-8,11,14-24H2,1-5H3,(H2,40,41,42,43). The summed E-state index contributed by atoms with van der Waals surface area (Å²) in [4.78, 5) is 17.2. The highest BCUT2D eigenvalue weighted by Gasteiger charge is 2.25. The van der Waals surface area contributed by atoms with E-state index in [2.05, 4.69) is 61.3 Å². The molecule has 2 fully saturated rings. The van der Waals surface area contributed by atoms with Gasteiger partial charge in [-0.1, -0.05) is 37.1 Å². The quantitative estimate of drug-likeness (QED) is 0.154. The second-order valence-electron chi connectivity index (χ2n) is 13.9. The predicted octanol–water partition coefficient (Wildman–Crippen LogP) is 7.49. The highest BCUT2D eigenvalue weighted by molar-refractivity contribution is 7.92. The maximum absolute atomic E-state index is 13.0. The molecule has 0 saturated carbocycles. The third-order valence-electron chi connectivity index (χ3n) is 9.99. The van der Waals surface area contributed by atoms with Crippen molar-refractivity contribution in [3.63, 3.8) is 0 Å². The van der Waals surface area contributed by atoms with Crippen molar-refractivity contribution in [3.05, 3.63) is 58.7 Å². The van der Waals surface area contributed by atoms with Crippen LogP contribution in [0, 0.1) is 6.92 Å². The van der Waals surface area contributed by atoms with Crippen LogP contribution in [-0.2, 0) is 9.84 Å². The SMILES string of the molecule is CCCCN1CCN(CCCN2CCC(c3cc(OCC)c(Nc4ncc(Cl)c(Nc5ccccc5S(=O)(=O)C(C)C)n4)cc3C)CC2)CC1. The summed E-state index contributed by atoms with van der Waals surface area (Å²) in [7, 11) is -3.53. The Labute approximate surface area is 304 Å². The minimum absolute atomic E-state index is 0.196. The molecular formula is C38H56ClN7O3S. The van der Waals surface area contributed by atoms with Crippen LogP contribution in [0.1, 0.15) is 76.8 Å². The normalized spacial score (nSPS) is 16.9. The number of anilines is 4. The number of piperazine rings is 1. The van der Waals surface area contributed by atoms with Gasteiger partial charge in [0.15, 0.2) is 15.7 Å². The van der Waals surface area contributed by atoms with E-state index in [1.165, 1.54) is 82.4 Å². The van der Waals surface area contributed by atoms with Crippen LogP contribution in [-0.4, -0.2) is 104 Å². The molecule has 0 bridgehead atoms. The molecule has 50 heavy (non-hydrogen) atoms. The van der Waals surface area contributed by atoms with E-state index in [1.807, 2.05) is 6.92 Å². The van der Waals surface area contributed by atoms with Crippen LogP contribution in [0.5, 0.6) is 5.75 Å². The molecule has 0 aliphatic carbocycles. The third kappa shape index (κ3) is 9.88. The average Bonchev–Trinajstić information content (AvgIpc) is 3.11. The molecule has 1 aromatic heterocycles. The number of piperidine rings is 1. The largest absolute Gasteiger partial charge is 0.492 e. The Morgan fingerprint density at radius 2 is 1.54 bits per heavy atom. The number of hydrogen-bond donors (Lipinski definition) is 2. The number of nitrogens with zero attached hydrogens (tertiary/aromatic N) is 5. The van der Waals surface area contributed by atoms with E-state index in [9.17, 15) is 8.42 Å². The summed E-state index contributed by atoms with van der Waals surface area (Å²) in [5, 5.41) is 6.17. The number of aryl methyl sites for hydroxylation is 1. The minimum atomic E-state index is -3.53. The molecule has 2 aromatic carbocycles. The van der Waals surface area contributed by atoms with Gasteiger partial charge in [0.25, 0.3) is 0 Å². The number of para-hydroxylation sites is 1.